The Morgan fingerprint density at radius 1 is 1.07 bits per heavy atom. The molecule has 0 radical (unpaired) electrons. The number of carbonyl (C=O) groups is 1. The largest absolute Gasteiger partial charge is 0.445 e. The minimum Gasteiger partial charge on any atom is -0.445 e. The van der Waals surface area contributed by atoms with Crippen molar-refractivity contribution in [2.75, 3.05) is 6.54 Å². The molecule has 0 bridgehead atoms. The molecule has 6 heteroatoms. The van der Waals surface area contributed by atoms with E-state index >= 15 is 0 Å². The number of hydrogen-bond acceptors (Lipinski definition) is 3. The smallest absolute Gasteiger partial charge is 0.407 e. The Hall–Kier alpha value is -2.18. The number of carbonyl (C=O) groups excluding carboxylic acids is 1. The van der Waals surface area contributed by atoms with Crippen LogP contribution in [0.2, 0.25) is 0 Å². The SMILES string of the molecule is Cc1ccc([S@](=O)NC[C@@H](NC(=O)OCc2ccccc2)C(C)(C)C)cc1. The van der Waals surface area contributed by atoms with Crippen molar-refractivity contribution in [1.82, 2.24) is 10.0 Å². The van der Waals surface area contributed by atoms with E-state index in [-0.39, 0.29) is 18.1 Å². The minimum atomic E-state index is -1.34. The number of rotatable bonds is 7. The van der Waals surface area contributed by atoms with Gasteiger partial charge >= 0.3 is 6.09 Å². The highest BCUT2D eigenvalue weighted by molar-refractivity contribution is 7.83. The van der Waals surface area contributed by atoms with Gasteiger partial charge in [-0.2, -0.15) is 0 Å². The van der Waals surface area contributed by atoms with E-state index in [9.17, 15) is 9.00 Å². The number of nitrogens with one attached hydrogen (secondary N) is 2. The van der Waals surface area contributed by atoms with Crippen molar-refractivity contribution in [2.45, 2.75) is 45.2 Å². The lowest BCUT2D eigenvalue weighted by atomic mass is 9.87. The molecule has 27 heavy (non-hydrogen) atoms. The maximum atomic E-state index is 12.4. The third kappa shape index (κ3) is 7.15. The second kappa shape index (κ2) is 9.67. The maximum Gasteiger partial charge on any atom is 0.407 e. The lowest BCUT2D eigenvalue weighted by molar-refractivity contribution is 0.126. The molecule has 0 heterocycles. The van der Waals surface area contributed by atoms with Gasteiger partial charge in [0.15, 0.2) is 0 Å². The summed E-state index contributed by atoms with van der Waals surface area (Å²) in [7, 11) is -1.34. The lowest BCUT2D eigenvalue weighted by Crippen LogP contribution is -2.50. The molecule has 2 atom stereocenters. The number of ether oxygens (including phenoxy) is 1. The quantitative estimate of drug-likeness (QED) is 0.755. The van der Waals surface area contributed by atoms with Gasteiger partial charge < -0.3 is 10.1 Å². The zero-order valence-electron chi connectivity index (χ0n) is 16.3. The first-order valence-corrected chi connectivity index (χ1v) is 10.1. The fraction of sp³-hybridized carbons (Fsp3) is 0.381. The molecule has 1 amide bonds. The van der Waals surface area contributed by atoms with E-state index in [1.54, 1.807) is 0 Å². The molecule has 0 fully saturated rings. The highest BCUT2D eigenvalue weighted by atomic mass is 32.2. The van der Waals surface area contributed by atoms with Crippen LogP contribution in [0.15, 0.2) is 59.5 Å². The van der Waals surface area contributed by atoms with Gasteiger partial charge in [0.2, 0.25) is 0 Å². The molecule has 2 rings (SSSR count). The second-order valence-electron chi connectivity index (χ2n) is 7.55. The van der Waals surface area contributed by atoms with Crippen LogP contribution in [0.5, 0.6) is 0 Å². The predicted molar refractivity (Wildman–Crippen MR) is 109 cm³/mol. The fourth-order valence-corrected chi connectivity index (χ4v) is 3.25. The molecule has 2 aromatic rings. The molecule has 0 spiro atoms. The van der Waals surface area contributed by atoms with E-state index < -0.39 is 17.1 Å². The first kappa shape index (κ1) is 21.1. The monoisotopic (exact) mass is 388 g/mol. The van der Waals surface area contributed by atoms with Gasteiger partial charge in [-0.3, -0.25) is 0 Å². The van der Waals surface area contributed by atoms with Crippen LogP contribution in [-0.2, 0) is 22.3 Å². The molecule has 2 N–H and O–H groups in total. The Morgan fingerprint density at radius 3 is 2.30 bits per heavy atom. The summed E-state index contributed by atoms with van der Waals surface area (Å²) in [6.07, 6.45) is -0.485. The number of benzene rings is 2. The molecule has 0 aliphatic rings. The van der Waals surface area contributed by atoms with E-state index in [2.05, 4.69) is 10.0 Å². The van der Waals surface area contributed by atoms with Crippen molar-refractivity contribution in [3.8, 4) is 0 Å². The van der Waals surface area contributed by atoms with E-state index in [1.165, 1.54) is 0 Å². The molecule has 0 unspecified atom stereocenters. The summed E-state index contributed by atoms with van der Waals surface area (Å²) in [6.45, 7) is 8.63. The normalized spacial score (nSPS) is 13.6. The number of alkyl carbamates (subject to hydrolysis) is 1. The van der Waals surface area contributed by atoms with Crippen LogP contribution in [0.4, 0.5) is 4.79 Å². The van der Waals surface area contributed by atoms with Crippen molar-refractivity contribution in [3.05, 3.63) is 65.7 Å². The highest BCUT2D eigenvalue weighted by Gasteiger charge is 2.27. The van der Waals surface area contributed by atoms with Crippen molar-refractivity contribution >= 4 is 17.1 Å². The molecular weight excluding hydrogens is 360 g/mol. The van der Waals surface area contributed by atoms with Crippen LogP contribution >= 0.6 is 0 Å². The average molecular weight is 389 g/mol. The van der Waals surface area contributed by atoms with Gasteiger partial charge in [-0.25, -0.2) is 13.7 Å². The van der Waals surface area contributed by atoms with E-state index in [1.807, 2.05) is 82.3 Å². The molecule has 0 aliphatic heterocycles. The van der Waals surface area contributed by atoms with Crippen molar-refractivity contribution in [3.63, 3.8) is 0 Å². The Morgan fingerprint density at radius 2 is 1.70 bits per heavy atom. The third-order valence-electron chi connectivity index (χ3n) is 4.20. The van der Waals surface area contributed by atoms with Crippen molar-refractivity contribution in [2.24, 2.45) is 5.41 Å². The summed E-state index contributed by atoms with van der Waals surface area (Å²) in [5.74, 6) is 0. The van der Waals surface area contributed by atoms with E-state index in [4.69, 9.17) is 4.74 Å². The van der Waals surface area contributed by atoms with Gasteiger partial charge in [0.05, 0.1) is 10.9 Å². The Bertz CT molecular complexity index is 755. The molecule has 146 valence electrons. The molecule has 0 aliphatic carbocycles. The van der Waals surface area contributed by atoms with Gasteiger partial charge in [0.25, 0.3) is 0 Å². The zero-order valence-corrected chi connectivity index (χ0v) is 17.1. The van der Waals surface area contributed by atoms with Gasteiger partial charge in [-0.1, -0.05) is 68.8 Å². The van der Waals surface area contributed by atoms with Crippen LogP contribution in [0.3, 0.4) is 0 Å². The standard InChI is InChI=1S/C21H28N2O3S/c1-16-10-12-18(13-11-16)27(25)22-14-19(21(2,3)4)23-20(24)26-15-17-8-6-5-7-9-17/h5-13,19,22H,14-15H2,1-4H3,(H,23,24)/t19-,27+/m1/s1. The third-order valence-corrected chi connectivity index (χ3v) is 5.33. The summed E-state index contributed by atoms with van der Waals surface area (Å²) < 4.78 is 20.8. The van der Waals surface area contributed by atoms with Crippen LogP contribution in [0.1, 0.15) is 31.9 Å². The van der Waals surface area contributed by atoms with E-state index in [0.29, 0.717) is 11.4 Å². The number of aryl methyl sites for hydroxylation is 1. The molecule has 0 aromatic heterocycles. The van der Waals surface area contributed by atoms with Gasteiger partial charge in [0.1, 0.15) is 17.6 Å². The number of hydrogen-bond donors (Lipinski definition) is 2. The zero-order chi connectivity index (χ0) is 19.9. The summed E-state index contributed by atoms with van der Waals surface area (Å²) in [4.78, 5) is 12.9. The van der Waals surface area contributed by atoms with Gasteiger partial charge in [0, 0.05) is 6.54 Å². The maximum absolute atomic E-state index is 12.4. The average Bonchev–Trinajstić information content (AvgIpc) is 2.63. The summed E-state index contributed by atoms with van der Waals surface area (Å²) >= 11 is 0. The summed E-state index contributed by atoms with van der Waals surface area (Å²) in [5, 5.41) is 2.89. The molecule has 0 saturated carbocycles. The Balaban J connectivity index is 1.89. The first-order valence-electron chi connectivity index (χ1n) is 8.95. The van der Waals surface area contributed by atoms with Crippen LogP contribution in [0.25, 0.3) is 0 Å². The van der Waals surface area contributed by atoms with Crippen LogP contribution in [0, 0.1) is 12.3 Å². The highest BCUT2D eigenvalue weighted by Crippen LogP contribution is 2.19. The lowest BCUT2D eigenvalue weighted by Gasteiger charge is -2.31. The van der Waals surface area contributed by atoms with Crippen molar-refractivity contribution < 1.29 is 13.7 Å². The van der Waals surface area contributed by atoms with Crippen molar-refractivity contribution in [1.29, 1.82) is 0 Å². The predicted octanol–water partition coefficient (Wildman–Crippen LogP) is 3.95. The van der Waals surface area contributed by atoms with Crippen LogP contribution in [-0.4, -0.2) is 22.9 Å². The molecular formula is C21H28N2O3S. The minimum absolute atomic E-state index is 0.215. The molecule has 0 saturated heterocycles. The van der Waals surface area contributed by atoms with E-state index in [0.717, 1.165) is 11.1 Å². The fourth-order valence-electron chi connectivity index (χ4n) is 2.38. The Kier molecular flexibility index (Phi) is 7.56. The second-order valence-corrected chi connectivity index (χ2v) is 8.85. The summed E-state index contributed by atoms with van der Waals surface area (Å²) in [6, 6.07) is 16.8. The van der Waals surface area contributed by atoms with Crippen LogP contribution < -0.4 is 10.0 Å². The first-order chi connectivity index (χ1) is 12.8. The molecule has 5 nitrogen and oxygen atoms in total. The van der Waals surface area contributed by atoms with Gasteiger partial charge in [-0.05, 0) is 30.0 Å². The topological polar surface area (TPSA) is 67.4 Å². The van der Waals surface area contributed by atoms with Gasteiger partial charge in [-0.15, -0.1) is 0 Å². The number of amides is 1. The molecule has 2 aromatic carbocycles. The summed E-state index contributed by atoms with van der Waals surface area (Å²) in [5.41, 5.74) is 1.82. The Labute approximate surface area is 164 Å².